The Morgan fingerprint density at radius 3 is 1.70 bits per heavy atom. The molecule has 23 heavy (non-hydrogen) atoms. The SMILES string of the molecule is CC.CC.O=C1OC2CC3CC2CC13.O=C1OC2CCC1CC2. The molecule has 0 amide bonds. The van der Waals surface area contributed by atoms with E-state index >= 15 is 0 Å². The Hall–Kier alpha value is -1.06. The minimum absolute atomic E-state index is 0.0532. The molecule has 4 aliphatic heterocycles. The number of hydrogen-bond acceptors (Lipinski definition) is 4. The molecule has 0 aromatic carbocycles. The van der Waals surface area contributed by atoms with Crippen molar-refractivity contribution in [1.82, 2.24) is 0 Å². The lowest BCUT2D eigenvalue weighted by molar-refractivity contribution is -0.170. The molecule has 0 N–H and O–H groups in total. The van der Waals surface area contributed by atoms with Crippen molar-refractivity contribution < 1.29 is 19.1 Å². The van der Waals surface area contributed by atoms with Crippen molar-refractivity contribution in [2.45, 2.75) is 84.8 Å². The summed E-state index contributed by atoms with van der Waals surface area (Å²) in [5.41, 5.74) is 0. The highest BCUT2D eigenvalue weighted by molar-refractivity contribution is 5.75. The van der Waals surface area contributed by atoms with Gasteiger partial charge in [-0.3, -0.25) is 9.59 Å². The second-order valence-electron chi connectivity index (χ2n) is 6.72. The molecule has 3 saturated carbocycles. The smallest absolute Gasteiger partial charge is 0.309 e. The predicted octanol–water partition coefficient (Wildman–Crippen LogP) is 4.11. The van der Waals surface area contributed by atoms with Crippen molar-refractivity contribution in [2.75, 3.05) is 0 Å². The molecular formula is C19H32O4. The van der Waals surface area contributed by atoms with E-state index in [0.717, 1.165) is 38.0 Å². The summed E-state index contributed by atoms with van der Waals surface area (Å²) in [6, 6.07) is 0. The Morgan fingerprint density at radius 2 is 1.39 bits per heavy atom. The van der Waals surface area contributed by atoms with Gasteiger partial charge in [-0.05, 0) is 56.8 Å². The lowest BCUT2D eigenvalue weighted by atomic mass is 9.84. The Kier molecular flexibility index (Phi) is 6.49. The monoisotopic (exact) mass is 324 g/mol. The topological polar surface area (TPSA) is 52.6 Å². The number of hydrogen-bond donors (Lipinski definition) is 0. The summed E-state index contributed by atoms with van der Waals surface area (Å²) in [6.07, 6.45) is 8.53. The van der Waals surface area contributed by atoms with Crippen LogP contribution < -0.4 is 0 Å². The second kappa shape index (κ2) is 8.16. The van der Waals surface area contributed by atoms with Crippen molar-refractivity contribution in [3.05, 3.63) is 0 Å². The maximum atomic E-state index is 11.1. The first-order valence-corrected chi connectivity index (χ1v) is 9.61. The molecule has 0 spiro atoms. The number of carbonyl (C=O) groups is 2. The molecular weight excluding hydrogens is 292 g/mol. The third-order valence-electron chi connectivity index (χ3n) is 5.65. The van der Waals surface area contributed by atoms with E-state index in [9.17, 15) is 9.59 Å². The molecule has 7 rings (SSSR count). The highest BCUT2D eigenvalue weighted by atomic mass is 16.6. The zero-order valence-electron chi connectivity index (χ0n) is 15.0. The summed E-state index contributed by atoms with van der Waals surface area (Å²) in [4.78, 5) is 21.9. The van der Waals surface area contributed by atoms with E-state index in [1.165, 1.54) is 12.8 Å². The normalized spacial score (nSPS) is 40.7. The highest BCUT2D eigenvalue weighted by Gasteiger charge is 2.55. The van der Waals surface area contributed by atoms with Gasteiger partial charge in [0.25, 0.3) is 0 Å². The summed E-state index contributed by atoms with van der Waals surface area (Å²) in [5.74, 6) is 2.15. The van der Waals surface area contributed by atoms with E-state index in [0.29, 0.717) is 17.9 Å². The second-order valence-corrected chi connectivity index (χ2v) is 6.72. The summed E-state index contributed by atoms with van der Waals surface area (Å²) in [7, 11) is 0. The molecule has 4 unspecified atom stereocenters. The average molecular weight is 324 g/mol. The number of carbonyl (C=O) groups excluding carboxylic acids is 2. The Morgan fingerprint density at radius 1 is 0.739 bits per heavy atom. The van der Waals surface area contributed by atoms with Gasteiger partial charge < -0.3 is 9.47 Å². The number of ether oxygens (including phenoxy) is 2. The quantitative estimate of drug-likeness (QED) is 0.629. The molecule has 0 aromatic rings. The molecule has 4 atom stereocenters. The lowest BCUT2D eigenvalue weighted by Gasteiger charge is -2.34. The van der Waals surface area contributed by atoms with Crippen molar-refractivity contribution >= 4 is 11.9 Å². The molecule has 132 valence electrons. The standard InChI is InChI=1S/C8H10O2.C7H10O2.2C2H6/c9-8-6-2-5-1-4(6)3-7(5)10-8;8-7-5-1-3-6(9-7)4-2-5;2*1-2/h4-7H,1-3H2;5-6H,1-4H2;2*1-2H3. The van der Waals surface area contributed by atoms with E-state index in [1.54, 1.807) is 0 Å². The van der Waals surface area contributed by atoms with E-state index in [-0.39, 0.29) is 24.0 Å². The first-order valence-electron chi connectivity index (χ1n) is 9.61. The van der Waals surface area contributed by atoms with Crippen LogP contribution in [0.2, 0.25) is 0 Å². The maximum Gasteiger partial charge on any atom is 0.309 e. The van der Waals surface area contributed by atoms with Gasteiger partial charge in [0.1, 0.15) is 12.2 Å². The minimum atomic E-state index is 0.0532. The fraction of sp³-hybridized carbons (Fsp3) is 0.895. The average Bonchev–Trinajstić information content (AvgIpc) is 3.18. The van der Waals surface area contributed by atoms with Gasteiger partial charge in [-0.2, -0.15) is 0 Å². The third-order valence-corrected chi connectivity index (χ3v) is 5.65. The number of fused-ring (bicyclic) bond motifs is 4. The molecule has 4 saturated heterocycles. The molecule has 0 aromatic heterocycles. The van der Waals surface area contributed by atoms with Crippen LogP contribution in [0.15, 0.2) is 0 Å². The molecule has 3 aliphatic carbocycles. The minimum Gasteiger partial charge on any atom is -0.462 e. The van der Waals surface area contributed by atoms with E-state index in [4.69, 9.17) is 9.47 Å². The van der Waals surface area contributed by atoms with Gasteiger partial charge in [0.2, 0.25) is 0 Å². The highest BCUT2D eigenvalue weighted by Crippen LogP contribution is 2.53. The van der Waals surface area contributed by atoms with Gasteiger partial charge in [-0.15, -0.1) is 0 Å². The summed E-state index contributed by atoms with van der Waals surface area (Å²) >= 11 is 0. The van der Waals surface area contributed by atoms with Crippen LogP contribution >= 0.6 is 0 Å². The number of esters is 2. The zero-order valence-corrected chi connectivity index (χ0v) is 15.0. The molecule has 7 fully saturated rings. The van der Waals surface area contributed by atoms with Crippen LogP contribution in [0.25, 0.3) is 0 Å². The van der Waals surface area contributed by atoms with Gasteiger partial charge in [-0.25, -0.2) is 0 Å². The Labute approximate surface area is 140 Å². The Balaban J connectivity index is 0.000000139. The largest absolute Gasteiger partial charge is 0.462 e. The van der Waals surface area contributed by atoms with Crippen LogP contribution in [-0.4, -0.2) is 24.1 Å². The van der Waals surface area contributed by atoms with Crippen molar-refractivity contribution in [2.24, 2.45) is 23.7 Å². The fourth-order valence-corrected chi connectivity index (χ4v) is 4.57. The molecule has 0 radical (unpaired) electrons. The van der Waals surface area contributed by atoms with Crippen LogP contribution in [0.4, 0.5) is 0 Å². The van der Waals surface area contributed by atoms with Crippen LogP contribution in [-0.2, 0) is 19.1 Å². The van der Waals surface area contributed by atoms with Crippen molar-refractivity contribution in [3.8, 4) is 0 Å². The third kappa shape index (κ3) is 3.72. The maximum absolute atomic E-state index is 11.1. The zero-order chi connectivity index (χ0) is 17.0. The van der Waals surface area contributed by atoms with Crippen LogP contribution in [0.3, 0.4) is 0 Å². The first-order chi connectivity index (χ1) is 11.2. The predicted molar refractivity (Wildman–Crippen MR) is 88.7 cm³/mol. The summed E-state index contributed by atoms with van der Waals surface area (Å²) < 4.78 is 10.2. The summed E-state index contributed by atoms with van der Waals surface area (Å²) in [5, 5.41) is 0. The van der Waals surface area contributed by atoms with E-state index in [1.807, 2.05) is 27.7 Å². The lowest BCUT2D eigenvalue weighted by Crippen LogP contribution is -2.39. The molecule has 4 nitrogen and oxygen atoms in total. The van der Waals surface area contributed by atoms with Gasteiger partial charge in [-0.1, -0.05) is 27.7 Å². The van der Waals surface area contributed by atoms with Crippen molar-refractivity contribution in [3.63, 3.8) is 0 Å². The van der Waals surface area contributed by atoms with E-state index in [2.05, 4.69) is 0 Å². The fourth-order valence-electron chi connectivity index (χ4n) is 4.57. The van der Waals surface area contributed by atoms with E-state index < -0.39 is 0 Å². The first kappa shape index (κ1) is 18.3. The van der Waals surface area contributed by atoms with Gasteiger partial charge in [0, 0.05) is 0 Å². The van der Waals surface area contributed by atoms with Gasteiger partial charge in [0.15, 0.2) is 0 Å². The van der Waals surface area contributed by atoms with Crippen molar-refractivity contribution in [1.29, 1.82) is 0 Å². The van der Waals surface area contributed by atoms with Gasteiger partial charge in [0.05, 0.1) is 11.8 Å². The summed E-state index contributed by atoms with van der Waals surface area (Å²) in [6.45, 7) is 8.00. The van der Waals surface area contributed by atoms with Gasteiger partial charge >= 0.3 is 11.9 Å². The molecule has 4 heterocycles. The molecule has 7 aliphatic rings. The number of rotatable bonds is 0. The molecule has 4 heteroatoms. The van der Waals surface area contributed by atoms with Crippen LogP contribution in [0.1, 0.15) is 72.6 Å². The molecule has 6 bridgehead atoms. The van der Waals surface area contributed by atoms with Crippen LogP contribution in [0.5, 0.6) is 0 Å². The van der Waals surface area contributed by atoms with Crippen LogP contribution in [0, 0.1) is 23.7 Å². The Bertz CT molecular complexity index is 410.